The van der Waals surface area contributed by atoms with Gasteiger partial charge in [-0.2, -0.15) is 0 Å². The van der Waals surface area contributed by atoms with Crippen molar-refractivity contribution in [2.75, 3.05) is 13.2 Å². The smallest absolute Gasteiger partial charge is 0.257 e. The second kappa shape index (κ2) is 3.92. The van der Waals surface area contributed by atoms with Gasteiger partial charge < -0.3 is 14.9 Å². The highest BCUT2D eigenvalue weighted by Crippen LogP contribution is 2.54. The van der Waals surface area contributed by atoms with E-state index in [2.05, 4.69) is 0 Å². The first-order chi connectivity index (χ1) is 7.49. The van der Waals surface area contributed by atoms with Crippen LogP contribution in [0.15, 0.2) is 0 Å². The lowest BCUT2D eigenvalue weighted by molar-refractivity contribution is -0.110. The minimum Gasteiger partial charge on any atom is -0.393 e. The van der Waals surface area contributed by atoms with Crippen LogP contribution in [0.2, 0.25) is 0 Å². The third kappa shape index (κ3) is 1.50. The van der Waals surface area contributed by atoms with Crippen LogP contribution in [0, 0.1) is 5.92 Å². The van der Waals surface area contributed by atoms with Gasteiger partial charge >= 0.3 is 0 Å². The van der Waals surface area contributed by atoms with E-state index >= 15 is 0 Å². The van der Waals surface area contributed by atoms with E-state index in [-0.39, 0.29) is 19.1 Å². The Morgan fingerprint density at radius 3 is 2.38 bits per heavy atom. The maximum absolute atomic E-state index is 10.6. The number of hydrogen-bond acceptors (Lipinski definition) is 6. The number of aliphatic hydroxyl groups is 2. The van der Waals surface area contributed by atoms with Crippen LogP contribution in [0.5, 0.6) is 0 Å². The fourth-order valence-corrected chi connectivity index (χ4v) is 3.48. The molecule has 2 rings (SSSR count). The van der Waals surface area contributed by atoms with Crippen molar-refractivity contribution < 1.29 is 27.6 Å². The lowest BCUT2D eigenvalue weighted by Gasteiger charge is -2.33. The summed E-state index contributed by atoms with van der Waals surface area (Å²) in [6.45, 7) is 1.29. The molecule has 0 radical (unpaired) electrons. The van der Waals surface area contributed by atoms with Crippen molar-refractivity contribution in [2.45, 2.75) is 37.1 Å². The largest absolute Gasteiger partial charge is 0.393 e. The quantitative estimate of drug-likeness (QED) is 0.545. The van der Waals surface area contributed by atoms with Crippen molar-refractivity contribution >= 4 is 11.0 Å². The number of thiol groups is 1. The standard InChI is InChI=1S/C9H16O6S/c1-6-7(14-16(12)13)9(5-11)3-2-8(6,4-10)15-9/h6-7,10-11,16H,2-5H2,1H3. The summed E-state index contributed by atoms with van der Waals surface area (Å²) in [5.74, 6) is -0.258. The molecule has 16 heavy (non-hydrogen) atoms. The van der Waals surface area contributed by atoms with Gasteiger partial charge in [0.05, 0.1) is 18.8 Å². The fraction of sp³-hybridized carbons (Fsp3) is 1.00. The van der Waals surface area contributed by atoms with E-state index in [1.807, 2.05) is 0 Å². The SMILES string of the molecule is CC1C(O[SH](=O)=O)C2(CO)CCC1(CO)O2. The van der Waals surface area contributed by atoms with Gasteiger partial charge in [0.1, 0.15) is 11.7 Å². The van der Waals surface area contributed by atoms with E-state index in [4.69, 9.17) is 8.92 Å². The number of hydrogen-bond donors (Lipinski definition) is 3. The molecule has 2 aliphatic rings. The molecule has 94 valence electrons. The number of ether oxygens (including phenoxy) is 1. The van der Waals surface area contributed by atoms with Crippen molar-refractivity contribution in [1.82, 2.24) is 0 Å². The van der Waals surface area contributed by atoms with Crippen molar-refractivity contribution in [2.24, 2.45) is 5.92 Å². The topological polar surface area (TPSA) is 93.1 Å². The first kappa shape index (κ1) is 12.3. The van der Waals surface area contributed by atoms with Crippen LogP contribution in [0.3, 0.4) is 0 Å². The number of aliphatic hydroxyl groups excluding tert-OH is 2. The van der Waals surface area contributed by atoms with Crippen LogP contribution < -0.4 is 0 Å². The summed E-state index contributed by atoms with van der Waals surface area (Å²) < 4.78 is 31.8. The van der Waals surface area contributed by atoms with Crippen LogP contribution in [-0.2, 0) is 19.9 Å². The van der Waals surface area contributed by atoms with Gasteiger partial charge in [-0.05, 0) is 12.8 Å². The van der Waals surface area contributed by atoms with Gasteiger partial charge in [-0.1, -0.05) is 6.92 Å². The zero-order valence-electron chi connectivity index (χ0n) is 8.96. The molecule has 2 bridgehead atoms. The maximum Gasteiger partial charge on any atom is 0.257 e. The van der Waals surface area contributed by atoms with Gasteiger partial charge in [0.25, 0.3) is 11.0 Å². The minimum atomic E-state index is -2.99. The highest BCUT2D eigenvalue weighted by molar-refractivity contribution is 7.67. The molecule has 2 aliphatic heterocycles. The van der Waals surface area contributed by atoms with E-state index in [1.165, 1.54) is 0 Å². The molecular formula is C9H16O6S. The zero-order valence-corrected chi connectivity index (χ0v) is 9.85. The van der Waals surface area contributed by atoms with Crippen molar-refractivity contribution in [1.29, 1.82) is 0 Å². The van der Waals surface area contributed by atoms with E-state index in [1.54, 1.807) is 6.92 Å². The summed E-state index contributed by atoms with van der Waals surface area (Å²) in [6.07, 6.45) is 0.405. The minimum absolute atomic E-state index is 0.189. The Balaban J connectivity index is 2.31. The molecule has 2 heterocycles. The first-order valence-corrected chi connectivity index (χ1v) is 6.32. The predicted molar refractivity (Wildman–Crippen MR) is 54.3 cm³/mol. The monoisotopic (exact) mass is 252 g/mol. The molecular weight excluding hydrogens is 236 g/mol. The van der Waals surface area contributed by atoms with Gasteiger partial charge in [0, 0.05) is 5.92 Å². The normalized spacial score (nSPS) is 46.8. The molecule has 2 fully saturated rings. The lowest BCUT2D eigenvalue weighted by Crippen LogP contribution is -2.48. The Labute approximate surface area is 95.3 Å². The molecule has 0 aliphatic carbocycles. The van der Waals surface area contributed by atoms with E-state index < -0.39 is 28.3 Å². The van der Waals surface area contributed by atoms with E-state index in [0.717, 1.165) is 0 Å². The van der Waals surface area contributed by atoms with Gasteiger partial charge in [0.2, 0.25) is 0 Å². The van der Waals surface area contributed by atoms with Crippen LogP contribution >= 0.6 is 0 Å². The molecule has 0 spiro atoms. The number of fused-ring (bicyclic) bond motifs is 2. The Bertz CT molecular complexity index is 348. The average Bonchev–Trinajstić information content (AvgIpc) is 2.75. The summed E-state index contributed by atoms with van der Waals surface area (Å²) in [5, 5.41) is 18.7. The van der Waals surface area contributed by atoms with Gasteiger partial charge in [-0.3, -0.25) is 4.18 Å². The predicted octanol–water partition coefficient (Wildman–Crippen LogP) is -1.18. The Kier molecular flexibility index (Phi) is 3.00. The molecule has 2 saturated heterocycles. The zero-order chi connectivity index (χ0) is 12.0. The third-order valence-corrected chi connectivity index (χ3v) is 4.31. The molecule has 0 aromatic heterocycles. The maximum atomic E-state index is 10.6. The second-order valence-electron chi connectivity index (χ2n) is 4.59. The van der Waals surface area contributed by atoms with Gasteiger partial charge in [0.15, 0.2) is 0 Å². The molecule has 0 amide bonds. The summed E-state index contributed by atoms with van der Waals surface area (Å²) in [5.41, 5.74) is -1.74. The highest BCUT2D eigenvalue weighted by Gasteiger charge is 2.66. The van der Waals surface area contributed by atoms with E-state index in [9.17, 15) is 18.6 Å². The Morgan fingerprint density at radius 2 is 1.88 bits per heavy atom. The molecule has 4 atom stereocenters. The van der Waals surface area contributed by atoms with Crippen LogP contribution in [0.4, 0.5) is 0 Å². The molecule has 0 saturated carbocycles. The third-order valence-electron chi connectivity index (χ3n) is 3.92. The number of rotatable bonds is 4. The van der Waals surface area contributed by atoms with Gasteiger partial charge in [-0.25, -0.2) is 8.42 Å². The second-order valence-corrected chi connectivity index (χ2v) is 5.24. The van der Waals surface area contributed by atoms with Crippen molar-refractivity contribution in [3.8, 4) is 0 Å². The molecule has 0 aromatic rings. The Hall–Kier alpha value is -0.210. The van der Waals surface area contributed by atoms with Crippen LogP contribution in [0.25, 0.3) is 0 Å². The molecule has 0 aromatic carbocycles. The summed E-state index contributed by atoms with van der Waals surface area (Å²) >= 11 is 0. The van der Waals surface area contributed by atoms with Crippen molar-refractivity contribution in [3.63, 3.8) is 0 Å². The summed E-state index contributed by atoms with van der Waals surface area (Å²) in [7, 11) is -2.99. The molecule has 4 unspecified atom stereocenters. The van der Waals surface area contributed by atoms with E-state index in [0.29, 0.717) is 12.8 Å². The molecule has 7 heteroatoms. The highest BCUT2D eigenvalue weighted by atomic mass is 32.2. The summed E-state index contributed by atoms with van der Waals surface area (Å²) in [6, 6.07) is 0. The summed E-state index contributed by atoms with van der Waals surface area (Å²) in [4.78, 5) is 0. The van der Waals surface area contributed by atoms with Crippen LogP contribution in [0.1, 0.15) is 19.8 Å². The Morgan fingerprint density at radius 1 is 1.31 bits per heavy atom. The lowest BCUT2D eigenvalue weighted by atomic mass is 9.73. The fourth-order valence-electron chi connectivity index (χ4n) is 2.92. The average molecular weight is 252 g/mol. The first-order valence-electron chi connectivity index (χ1n) is 5.23. The van der Waals surface area contributed by atoms with Crippen molar-refractivity contribution in [3.05, 3.63) is 0 Å². The molecule has 2 N–H and O–H groups in total. The molecule has 6 nitrogen and oxygen atoms in total. The van der Waals surface area contributed by atoms with Gasteiger partial charge in [-0.15, -0.1) is 0 Å². The van der Waals surface area contributed by atoms with Crippen LogP contribution in [-0.4, -0.2) is 49.2 Å².